The normalized spacial score (nSPS) is 9.41. The van der Waals surface area contributed by atoms with E-state index in [1.165, 1.54) is 0 Å². The first-order valence-corrected chi connectivity index (χ1v) is 5.44. The SMILES string of the molecule is COc1ccc(C=O)cc1OCCCCC#N. The predicted molar refractivity (Wildman–Crippen MR) is 63.3 cm³/mol. The summed E-state index contributed by atoms with van der Waals surface area (Å²) in [6.45, 7) is 0.514. The van der Waals surface area contributed by atoms with Crippen molar-refractivity contribution >= 4 is 6.29 Å². The van der Waals surface area contributed by atoms with Gasteiger partial charge in [-0.25, -0.2) is 0 Å². The molecule has 1 rings (SSSR count). The highest BCUT2D eigenvalue weighted by molar-refractivity contribution is 5.76. The van der Waals surface area contributed by atoms with E-state index in [-0.39, 0.29) is 0 Å². The van der Waals surface area contributed by atoms with Crippen LogP contribution in [0.2, 0.25) is 0 Å². The van der Waals surface area contributed by atoms with Gasteiger partial charge < -0.3 is 9.47 Å². The van der Waals surface area contributed by atoms with Crippen LogP contribution in [0.1, 0.15) is 29.6 Å². The molecule has 0 aromatic heterocycles. The fourth-order valence-electron chi connectivity index (χ4n) is 1.37. The molecule has 0 N–H and O–H groups in total. The van der Waals surface area contributed by atoms with E-state index in [0.29, 0.717) is 30.1 Å². The second-order valence-electron chi connectivity index (χ2n) is 3.49. The number of nitriles is 1. The fourth-order valence-corrected chi connectivity index (χ4v) is 1.37. The standard InChI is InChI=1S/C13H15NO3/c1-16-12-6-5-11(10-15)9-13(12)17-8-4-2-3-7-14/h5-6,9-10H,2-4,8H2,1H3. The van der Waals surface area contributed by atoms with Gasteiger partial charge in [-0.2, -0.15) is 5.26 Å². The number of carbonyl (C=O) groups excluding carboxylic acids is 1. The highest BCUT2D eigenvalue weighted by Gasteiger charge is 2.05. The predicted octanol–water partition coefficient (Wildman–Crippen LogP) is 2.58. The number of benzene rings is 1. The van der Waals surface area contributed by atoms with E-state index in [1.54, 1.807) is 25.3 Å². The van der Waals surface area contributed by atoms with Crippen molar-refractivity contribution < 1.29 is 14.3 Å². The van der Waals surface area contributed by atoms with Crippen molar-refractivity contribution in [3.63, 3.8) is 0 Å². The van der Waals surface area contributed by atoms with Gasteiger partial charge in [0, 0.05) is 12.0 Å². The van der Waals surface area contributed by atoms with Crippen LogP contribution in [0.5, 0.6) is 11.5 Å². The van der Waals surface area contributed by atoms with E-state index < -0.39 is 0 Å². The average Bonchev–Trinajstić information content (AvgIpc) is 2.38. The minimum atomic E-state index is 0.514. The quantitative estimate of drug-likeness (QED) is 0.536. The first-order valence-electron chi connectivity index (χ1n) is 5.44. The zero-order chi connectivity index (χ0) is 12.5. The molecular weight excluding hydrogens is 218 g/mol. The van der Waals surface area contributed by atoms with Crippen LogP contribution in [0.15, 0.2) is 18.2 Å². The summed E-state index contributed by atoms with van der Waals surface area (Å²) in [6, 6.07) is 7.11. The highest BCUT2D eigenvalue weighted by Crippen LogP contribution is 2.27. The topological polar surface area (TPSA) is 59.3 Å². The first kappa shape index (κ1) is 13.0. The van der Waals surface area contributed by atoms with Crippen LogP contribution in [-0.2, 0) is 0 Å². The van der Waals surface area contributed by atoms with E-state index in [0.717, 1.165) is 19.1 Å². The molecule has 0 amide bonds. The molecule has 0 heterocycles. The molecule has 0 radical (unpaired) electrons. The van der Waals surface area contributed by atoms with Gasteiger partial charge in [0.25, 0.3) is 0 Å². The molecule has 90 valence electrons. The average molecular weight is 233 g/mol. The van der Waals surface area contributed by atoms with Crippen molar-refractivity contribution in [2.24, 2.45) is 0 Å². The molecule has 0 saturated heterocycles. The molecule has 0 atom stereocenters. The molecule has 0 aliphatic heterocycles. The van der Waals surface area contributed by atoms with E-state index in [1.807, 2.05) is 0 Å². The number of hydrogen-bond acceptors (Lipinski definition) is 4. The molecule has 0 fully saturated rings. The lowest BCUT2D eigenvalue weighted by molar-refractivity contribution is 0.112. The van der Waals surface area contributed by atoms with Gasteiger partial charge in [-0.1, -0.05) is 0 Å². The monoisotopic (exact) mass is 233 g/mol. The van der Waals surface area contributed by atoms with Crippen LogP contribution in [0.3, 0.4) is 0 Å². The number of ether oxygens (including phenoxy) is 2. The maximum atomic E-state index is 10.6. The summed E-state index contributed by atoms with van der Waals surface area (Å²) in [6.07, 6.45) is 2.92. The maximum Gasteiger partial charge on any atom is 0.161 e. The Balaban J connectivity index is 2.56. The third kappa shape index (κ3) is 4.15. The molecule has 17 heavy (non-hydrogen) atoms. The lowest BCUT2D eigenvalue weighted by Crippen LogP contribution is -2.00. The second-order valence-corrected chi connectivity index (χ2v) is 3.49. The van der Waals surface area contributed by atoms with Gasteiger partial charge in [0.1, 0.15) is 6.29 Å². The van der Waals surface area contributed by atoms with Gasteiger partial charge in [0.05, 0.1) is 19.8 Å². The lowest BCUT2D eigenvalue weighted by Gasteiger charge is -2.10. The fraction of sp³-hybridized carbons (Fsp3) is 0.385. The Kier molecular flexibility index (Phi) is 5.59. The number of unbranched alkanes of at least 4 members (excludes halogenated alkanes) is 2. The Morgan fingerprint density at radius 3 is 2.82 bits per heavy atom. The number of hydrogen-bond donors (Lipinski definition) is 0. The van der Waals surface area contributed by atoms with Gasteiger partial charge in [0.2, 0.25) is 0 Å². The third-order valence-electron chi connectivity index (χ3n) is 2.26. The van der Waals surface area contributed by atoms with Gasteiger partial charge in [-0.3, -0.25) is 4.79 Å². The van der Waals surface area contributed by atoms with E-state index >= 15 is 0 Å². The lowest BCUT2D eigenvalue weighted by atomic mass is 10.2. The Morgan fingerprint density at radius 2 is 2.18 bits per heavy atom. The molecule has 0 bridgehead atoms. The molecule has 0 unspecified atom stereocenters. The summed E-state index contributed by atoms with van der Waals surface area (Å²) in [7, 11) is 1.55. The summed E-state index contributed by atoms with van der Waals surface area (Å²) >= 11 is 0. The van der Waals surface area contributed by atoms with Gasteiger partial charge in [0.15, 0.2) is 11.5 Å². The molecule has 4 heteroatoms. The van der Waals surface area contributed by atoms with E-state index in [2.05, 4.69) is 6.07 Å². The molecule has 4 nitrogen and oxygen atoms in total. The second kappa shape index (κ2) is 7.29. The van der Waals surface area contributed by atoms with E-state index in [9.17, 15) is 4.79 Å². The highest BCUT2D eigenvalue weighted by atomic mass is 16.5. The summed E-state index contributed by atoms with van der Waals surface area (Å²) in [5, 5.41) is 8.38. The molecule has 1 aromatic rings. The number of methoxy groups -OCH3 is 1. The van der Waals surface area contributed by atoms with Crippen LogP contribution in [0.4, 0.5) is 0 Å². The third-order valence-corrected chi connectivity index (χ3v) is 2.26. The largest absolute Gasteiger partial charge is 0.493 e. The van der Waals surface area contributed by atoms with Crippen LogP contribution >= 0.6 is 0 Å². The van der Waals surface area contributed by atoms with Crippen LogP contribution in [0.25, 0.3) is 0 Å². The summed E-state index contributed by atoms with van der Waals surface area (Å²) in [5.41, 5.74) is 0.554. The Labute approximate surface area is 101 Å². The van der Waals surface area contributed by atoms with Crippen LogP contribution < -0.4 is 9.47 Å². The molecule has 0 spiro atoms. The van der Waals surface area contributed by atoms with Gasteiger partial charge in [-0.05, 0) is 31.0 Å². The number of nitrogens with zero attached hydrogens (tertiary/aromatic N) is 1. The van der Waals surface area contributed by atoms with E-state index in [4.69, 9.17) is 14.7 Å². The molecule has 1 aromatic carbocycles. The van der Waals surface area contributed by atoms with Crippen molar-refractivity contribution in [2.45, 2.75) is 19.3 Å². The number of aldehydes is 1. The molecule has 0 aliphatic carbocycles. The van der Waals surface area contributed by atoms with Crippen LogP contribution in [0, 0.1) is 11.3 Å². The Bertz CT molecular complexity index is 410. The smallest absolute Gasteiger partial charge is 0.161 e. The van der Waals surface area contributed by atoms with Crippen molar-refractivity contribution in [1.82, 2.24) is 0 Å². The van der Waals surface area contributed by atoms with Gasteiger partial charge in [-0.15, -0.1) is 0 Å². The van der Waals surface area contributed by atoms with Gasteiger partial charge >= 0.3 is 0 Å². The Hall–Kier alpha value is -2.02. The van der Waals surface area contributed by atoms with Crippen LogP contribution in [-0.4, -0.2) is 20.0 Å². The number of carbonyl (C=O) groups is 1. The van der Waals surface area contributed by atoms with Crippen molar-refractivity contribution in [2.75, 3.05) is 13.7 Å². The zero-order valence-electron chi connectivity index (χ0n) is 9.81. The molecule has 0 saturated carbocycles. The van der Waals surface area contributed by atoms with Crippen molar-refractivity contribution in [1.29, 1.82) is 5.26 Å². The minimum absolute atomic E-state index is 0.514. The summed E-state index contributed by atoms with van der Waals surface area (Å²) in [4.78, 5) is 10.6. The Morgan fingerprint density at radius 1 is 1.35 bits per heavy atom. The first-order chi connectivity index (χ1) is 8.31. The molecular formula is C13H15NO3. The summed E-state index contributed by atoms with van der Waals surface area (Å²) in [5.74, 6) is 1.17. The summed E-state index contributed by atoms with van der Waals surface area (Å²) < 4.78 is 10.7. The number of rotatable bonds is 7. The van der Waals surface area contributed by atoms with Crippen molar-refractivity contribution in [3.05, 3.63) is 23.8 Å². The maximum absolute atomic E-state index is 10.6. The molecule has 0 aliphatic rings. The van der Waals surface area contributed by atoms with Crippen molar-refractivity contribution in [3.8, 4) is 17.6 Å². The minimum Gasteiger partial charge on any atom is -0.493 e. The zero-order valence-corrected chi connectivity index (χ0v) is 9.81.